The Bertz CT molecular complexity index is 1480. The molecule has 0 aliphatic rings. The van der Waals surface area contributed by atoms with Crippen LogP contribution in [0.1, 0.15) is 11.3 Å². The molecule has 34 heavy (non-hydrogen) atoms. The molecule has 0 saturated carbocycles. The van der Waals surface area contributed by atoms with Crippen LogP contribution in [0, 0.1) is 6.92 Å². The molecule has 7 nitrogen and oxygen atoms in total. The van der Waals surface area contributed by atoms with Crippen molar-refractivity contribution in [3.05, 3.63) is 72.2 Å². The smallest absolute Gasteiger partial charge is 0.227 e. The van der Waals surface area contributed by atoms with Crippen LogP contribution in [0.5, 0.6) is 5.75 Å². The van der Waals surface area contributed by atoms with Gasteiger partial charge in [0.25, 0.3) is 0 Å². The number of hydrogen-bond donors (Lipinski definition) is 1. The van der Waals surface area contributed by atoms with Gasteiger partial charge < -0.3 is 24.1 Å². The highest BCUT2D eigenvalue weighted by Crippen LogP contribution is 2.27. The van der Waals surface area contributed by atoms with Gasteiger partial charge in [-0.05, 0) is 67.4 Å². The Morgan fingerprint density at radius 3 is 2.68 bits per heavy atom. The van der Waals surface area contributed by atoms with E-state index < -0.39 is 0 Å². The summed E-state index contributed by atoms with van der Waals surface area (Å²) in [6, 6.07) is 16.7. The first kappa shape index (κ1) is 21.8. The Balaban J connectivity index is 1.31. The number of rotatable bonds is 7. The van der Waals surface area contributed by atoms with E-state index >= 15 is 0 Å². The predicted octanol–water partition coefficient (Wildman–Crippen LogP) is 5.20. The van der Waals surface area contributed by atoms with Crippen LogP contribution >= 0.6 is 0 Å². The first-order chi connectivity index (χ1) is 16.4. The van der Waals surface area contributed by atoms with Gasteiger partial charge in [-0.1, -0.05) is 0 Å². The SMILES string of the molecule is COc1ccc2c(c1)c(CCN(C)c1nccc(Nc3ccc4c(c3)cc(C)n4C)n1)cn2C. The van der Waals surface area contributed by atoms with Gasteiger partial charge in [-0.3, -0.25) is 0 Å². The lowest BCUT2D eigenvalue weighted by Crippen LogP contribution is -2.22. The maximum atomic E-state index is 5.43. The quantitative estimate of drug-likeness (QED) is 0.366. The summed E-state index contributed by atoms with van der Waals surface area (Å²) in [6.07, 6.45) is 4.87. The molecule has 0 aliphatic heterocycles. The Hall–Kier alpha value is -4.00. The predicted molar refractivity (Wildman–Crippen MR) is 139 cm³/mol. The van der Waals surface area contributed by atoms with Crippen LogP contribution in [-0.2, 0) is 20.5 Å². The fourth-order valence-corrected chi connectivity index (χ4v) is 4.48. The van der Waals surface area contributed by atoms with Crippen LogP contribution in [0.3, 0.4) is 0 Å². The summed E-state index contributed by atoms with van der Waals surface area (Å²) < 4.78 is 9.79. The molecule has 0 spiro atoms. The van der Waals surface area contributed by atoms with Gasteiger partial charge in [0.15, 0.2) is 0 Å². The minimum atomic E-state index is 0.694. The number of benzene rings is 2. The fraction of sp³-hybridized carbons (Fsp3) is 0.259. The molecule has 5 rings (SSSR count). The van der Waals surface area contributed by atoms with Gasteiger partial charge in [0.1, 0.15) is 11.6 Å². The number of likely N-dealkylation sites (N-methyl/N-ethyl adjacent to an activating group) is 1. The lowest BCUT2D eigenvalue weighted by atomic mass is 10.1. The molecule has 0 fully saturated rings. The molecule has 0 saturated heterocycles. The van der Waals surface area contributed by atoms with Gasteiger partial charge in [-0.15, -0.1) is 0 Å². The Kier molecular flexibility index (Phi) is 5.61. The summed E-state index contributed by atoms with van der Waals surface area (Å²) >= 11 is 0. The second-order valence-corrected chi connectivity index (χ2v) is 8.81. The highest BCUT2D eigenvalue weighted by atomic mass is 16.5. The van der Waals surface area contributed by atoms with Crippen molar-refractivity contribution in [3.8, 4) is 5.75 Å². The Labute approximate surface area is 199 Å². The Morgan fingerprint density at radius 1 is 1.03 bits per heavy atom. The summed E-state index contributed by atoms with van der Waals surface area (Å²) in [5.41, 5.74) is 5.95. The number of nitrogens with zero attached hydrogens (tertiary/aromatic N) is 5. The van der Waals surface area contributed by atoms with E-state index in [1.54, 1.807) is 13.3 Å². The number of hydrogen-bond acceptors (Lipinski definition) is 5. The van der Waals surface area contributed by atoms with E-state index in [-0.39, 0.29) is 0 Å². The third kappa shape index (κ3) is 4.05. The number of nitrogens with one attached hydrogen (secondary N) is 1. The standard InChI is InChI=1S/C27H30N6O/c1-18-14-20-15-21(6-8-24(20)33(18)4)29-26-10-12-28-27(30-26)31(2)13-11-19-17-32(3)25-9-7-22(34-5)16-23(19)25/h6-10,12,14-17H,11,13H2,1-5H3,(H,28,29,30). The summed E-state index contributed by atoms with van der Waals surface area (Å²) in [6.45, 7) is 2.92. The van der Waals surface area contributed by atoms with Crippen molar-refractivity contribution in [3.63, 3.8) is 0 Å². The van der Waals surface area contributed by atoms with Crippen molar-refractivity contribution in [1.82, 2.24) is 19.1 Å². The van der Waals surface area contributed by atoms with Crippen molar-refractivity contribution in [2.24, 2.45) is 14.1 Å². The normalized spacial score (nSPS) is 11.3. The lowest BCUT2D eigenvalue weighted by molar-refractivity contribution is 0.415. The monoisotopic (exact) mass is 454 g/mol. The molecular formula is C27H30N6O. The average Bonchev–Trinajstić information content (AvgIpc) is 3.31. The molecule has 7 heteroatoms. The molecule has 3 heterocycles. The number of anilines is 3. The van der Waals surface area contributed by atoms with Gasteiger partial charge in [-0.2, -0.15) is 4.98 Å². The molecule has 0 atom stereocenters. The largest absolute Gasteiger partial charge is 0.497 e. The van der Waals surface area contributed by atoms with E-state index in [0.717, 1.165) is 30.2 Å². The maximum absolute atomic E-state index is 5.43. The summed E-state index contributed by atoms with van der Waals surface area (Å²) in [5.74, 6) is 2.34. The second-order valence-electron chi connectivity index (χ2n) is 8.81. The topological polar surface area (TPSA) is 60.1 Å². The zero-order valence-corrected chi connectivity index (χ0v) is 20.3. The summed E-state index contributed by atoms with van der Waals surface area (Å²) in [7, 11) is 7.90. The van der Waals surface area contributed by atoms with Crippen LogP contribution in [0.2, 0.25) is 0 Å². The molecule has 3 aromatic heterocycles. The average molecular weight is 455 g/mol. The highest BCUT2D eigenvalue weighted by Gasteiger charge is 2.11. The van der Waals surface area contributed by atoms with Crippen molar-refractivity contribution in [2.45, 2.75) is 13.3 Å². The molecule has 0 unspecified atom stereocenters. The molecule has 0 aliphatic carbocycles. The zero-order chi connectivity index (χ0) is 23.8. The van der Waals surface area contributed by atoms with Gasteiger partial charge in [-0.25, -0.2) is 4.98 Å². The first-order valence-electron chi connectivity index (χ1n) is 11.4. The highest BCUT2D eigenvalue weighted by molar-refractivity contribution is 5.86. The first-order valence-corrected chi connectivity index (χ1v) is 11.4. The zero-order valence-electron chi connectivity index (χ0n) is 20.3. The van der Waals surface area contributed by atoms with Crippen molar-refractivity contribution >= 4 is 39.3 Å². The molecular weight excluding hydrogens is 424 g/mol. The minimum absolute atomic E-state index is 0.694. The van der Waals surface area contributed by atoms with E-state index in [4.69, 9.17) is 9.72 Å². The fourth-order valence-electron chi connectivity index (χ4n) is 4.48. The van der Waals surface area contributed by atoms with E-state index in [2.05, 4.69) is 87.9 Å². The number of aryl methyl sites for hydroxylation is 3. The molecule has 0 bridgehead atoms. The van der Waals surface area contributed by atoms with Crippen LogP contribution in [0.25, 0.3) is 21.8 Å². The van der Waals surface area contributed by atoms with E-state index in [1.165, 1.54) is 33.1 Å². The molecule has 0 amide bonds. The third-order valence-corrected chi connectivity index (χ3v) is 6.53. The maximum Gasteiger partial charge on any atom is 0.227 e. The molecule has 2 aromatic carbocycles. The van der Waals surface area contributed by atoms with Crippen LogP contribution < -0.4 is 15.0 Å². The van der Waals surface area contributed by atoms with E-state index in [9.17, 15) is 0 Å². The van der Waals surface area contributed by atoms with Gasteiger partial charge in [0.2, 0.25) is 5.95 Å². The van der Waals surface area contributed by atoms with Crippen LogP contribution in [0.15, 0.2) is 60.9 Å². The second kappa shape index (κ2) is 8.74. The van der Waals surface area contributed by atoms with Crippen molar-refractivity contribution in [1.29, 1.82) is 0 Å². The van der Waals surface area contributed by atoms with E-state index in [0.29, 0.717) is 5.95 Å². The summed E-state index contributed by atoms with van der Waals surface area (Å²) in [5, 5.41) is 5.86. The molecule has 174 valence electrons. The number of fused-ring (bicyclic) bond motifs is 2. The van der Waals surface area contributed by atoms with Crippen molar-refractivity contribution < 1.29 is 4.74 Å². The third-order valence-electron chi connectivity index (χ3n) is 6.53. The summed E-state index contributed by atoms with van der Waals surface area (Å²) in [4.78, 5) is 11.3. The number of methoxy groups -OCH3 is 1. The van der Waals surface area contributed by atoms with Crippen molar-refractivity contribution in [2.75, 3.05) is 30.9 Å². The molecule has 5 aromatic rings. The van der Waals surface area contributed by atoms with Crippen LogP contribution in [0.4, 0.5) is 17.5 Å². The minimum Gasteiger partial charge on any atom is -0.497 e. The lowest BCUT2D eigenvalue weighted by Gasteiger charge is -2.17. The Morgan fingerprint density at radius 2 is 1.85 bits per heavy atom. The number of ether oxygens (including phenoxy) is 1. The molecule has 0 radical (unpaired) electrons. The number of aromatic nitrogens is 4. The van der Waals surface area contributed by atoms with Gasteiger partial charge in [0.05, 0.1) is 7.11 Å². The molecule has 1 N–H and O–H groups in total. The van der Waals surface area contributed by atoms with Gasteiger partial charge in [0, 0.05) is 73.3 Å². The van der Waals surface area contributed by atoms with E-state index in [1.807, 2.05) is 19.2 Å². The van der Waals surface area contributed by atoms with Gasteiger partial charge >= 0.3 is 0 Å². The van der Waals surface area contributed by atoms with Crippen LogP contribution in [-0.4, -0.2) is 39.8 Å².